The second-order valence-corrected chi connectivity index (χ2v) is 2.32. The van der Waals surface area contributed by atoms with E-state index in [1.165, 1.54) is 12.1 Å². The van der Waals surface area contributed by atoms with Gasteiger partial charge in [-0.2, -0.15) is 0 Å². The third-order valence-corrected chi connectivity index (χ3v) is 1.41. The molecule has 0 N–H and O–H groups in total. The van der Waals surface area contributed by atoms with Crippen LogP contribution in [0.25, 0.3) is 0 Å². The largest absolute Gasteiger partial charge is 0.231 e. The molecule has 0 saturated heterocycles. The number of benzene rings is 1. The highest BCUT2D eigenvalue weighted by Gasteiger charge is 2.00. The SMILES string of the molecule is [O]Cc1ccc(Cl)cc1F. The van der Waals surface area contributed by atoms with Crippen molar-refractivity contribution >= 4 is 11.6 Å². The maximum Gasteiger partial charge on any atom is 0.130 e. The average molecular weight is 160 g/mol. The van der Waals surface area contributed by atoms with E-state index in [0.717, 1.165) is 6.07 Å². The summed E-state index contributed by atoms with van der Waals surface area (Å²) in [5.41, 5.74) is 0.157. The van der Waals surface area contributed by atoms with Crippen LogP contribution in [-0.4, -0.2) is 0 Å². The predicted octanol–water partition coefficient (Wildman–Crippen LogP) is 2.41. The lowest BCUT2D eigenvalue weighted by molar-refractivity contribution is 0.174. The van der Waals surface area contributed by atoms with Crippen molar-refractivity contribution in [2.24, 2.45) is 0 Å². The topological polar surface area (TPSA) is 19.9 Å². The minimum atomic E-state index is -0.539. The first-order chi connectivity index (χ1) is 4.74. The zero-order valence-corrected chi connectivity index (χ0v) is 5.86. The maximum atomic E-state index is 12.6. The summed E-state index contributed by atoms with van der Waals surface area (Å²) < 4.78 is 12.6. The Bertz CT molecular complexity index is 237. The minimum Gasteiger partial charge on any atom is -0.231 e. The molecule has 0 unspecified atom stereocenters. The first-order valence-corrected chi connectivity index (χ1v) is 3.14. The number of halogens is 2. The molecular formula is C7H5ClFO. The van der Waals surface area contributed by atoms with Gasteiger partial charge in [0.15, 0.2) is 0 Å². The highest BCUT2D eigenvalue weighted by Crippen LogP contribution is 2.13. The molecule has 1 radical (unpaired) electrons. The molecule has 10 heavy (non-hydrogen) atoms. The van der Waals surface area contributed by atoms with Crippen molar-refractivity contribution in [3.63, 3.8) is 0 Å². The summed E-state index contributed by atoms with van der Waals surface area (Å²) in [7, 11) is 0. The molecule has 0 spiro atoms. The van der Waals surface area contributed by atoms with Crippen LogP contribution >= 0.6 is 11.6 Å². The van der Waals surface area contributed by atoms with Crippen molar-refractivity contribution in [3.05, 3.63) is 34.6 Å². The summed E-state index contributed by atoms with van der Waals surface area (Å²) in [5.74, 6) is -0.525. The van der Waals surface area contributed by atoms with Gasteiger partial charge in [-0.15, -0.1) is 0 Å². The number of rotatable bonds is 1. The average Bonchev–Trinajstić information content (AvgIpc) is 1.88. The van der Waals surface area contributed by atoms with Gasteiger partial charge < -0.3 is 0 Å². The standard InChI is InChI=1S/C7H5ClFO/c8-6-2-1-5(4-10)7(9)3-6/h1-3H,4H2. The van der Waals surface area contributed by atoms with Crippen molar-refractivity contribution in [1.29, 1.82) is 0 Å². The Kier molecular flexibility index (Phi) is 2.25. The van der Waals surface area contributed by atoms with Gasteiger partial charge in [0.05, 0.1) is 0 Å². The fraction of sp³-hybridized carbons (Fsp3) is 0.143. The molecule has 53 valence electrons. The highest BCUT2D eigenvalue weighted by atomic mass is 35.5. The van der Waals surface area contributed by atoms with Gasteiger partial charge in [0.25, 0.3) is 0 Å². The Hall–Kier alpha value is -0.600. The molecule has 1 aromatic carbocycles. The van der Waals surface area contributed by atoms with Gasteiger partial charge in [-0.3, -0.25) is 0 Å². The van der Waals surface area contributed by atoms with Gasteiger partial charge in [-0.1, -0.05) is 17.7 Å². The van der Waals surface area contributed by atoms with E-state index in [1.54, 1.807) is 0 Å². The first-order valence-electron chi connectivity index (χ1n) is 2.76. The van der Waals surface area contributed by atoms with Gasteiger partial charge in [0, 0.05) is 10.6 Å². The van der Waals surface area contributed by atoms with Gasteiger partial charge in [0.2, 0.25) is 0 Å². The predicted molar refractivity (Wildman–Crippen MR) is 35.8 cm³/mol. The summed E-state index contributed by atoms with van der Waals surface area (Å²) in [6.45, 7) is -0.539. The molecule has 0 amide bonds. The molecule has 0 aliphatic rings. The van der Waals surface area contributed by atoms with Crippen LogP contribution in [0.1, 0.15) is 5.56 Å². The lowest BCUT2D eigenvalue weighted by atomic mass is 10.2. The zero-order chi connectivity index (χ0) is 7.56. The molecule has 1 nitrogen and oxygen atoms in total. The van der Waals surface area contributed by atoms with E-state index >= 15 is 0 Å². The summed E-state index contributed by atoms with van der Waals surface area (Å²) in [5, 5.41) is 10.5. The zero-order valence-electron chi connectivity index (χ0n) is 5.10. The summed E-state index contributed by atoms with van der Waals surface area (Å²) >= 11 is 5.43. The second-order valence-electron chi connectivity index (χ2n) is 1.88. The van der Waals surface area contributed by atoms with Crippen LogP contribution in [0.3, 0.4) is 0 Å². The molecule has 0 heterocycles. The molecule has 0 aliphatic heterocycles. The molecular weight excluding hydrogens is 155 g/mol. The maximum absolute atomic E-state index is 12.6. The number of hydrogen-bond donors (Lipinski definition) is 0. The van der Waals surface area contributed by atoms with Gasteiger partial charge in [-0.05, 0) is 12.1 Å². The fourth-order valence-electron chi connectivity index (χ4n) is 0.639. The van der Waals surface area contributed by atoms with Crippen molar-refractivity contribution < 1.29 is 9.50 Å². The smallest absolute Gasteiger partial charge is 0.130 e. The Labute approximate surface area is 63.1 Å². The van der Waals surface area contributed by atoms with E-state index in [0.29, 0.717) is 5.02 Å². The third kappa shape index (κ3) is 1.46. The number of hydrogen-bond acceptors (Lipinski definition) is 0. The van der Waals surface area contributed by atoms with E-state index < -0.39 is 12.4 Å². The van der Waals surface area contributed by atoms with Crippen LogP contribution in [0.2, 0.25) is 5.02 Å². The van der Waals surface area contributed by atoms with Crippen LogP contribution in [-0.2, 0) is 11.7 Å². The van der Waals surface area contributed by atoms with Crippen LogP contribution in [0.4, 0.5) is 4.39 Å². The van der Waals surface area contributed by atoms with Crippen molar-refractivity contribution in [1.82, 2.24) is 0 Å². The molecule has 1 rings (SSSR count). The molecule has 3 heteroatoms. The van der Waals surface area contributed by atoms with Gasteiger partial charge >= 0.3 is 0 Å². The van der Waals surface area contributed by atoms with Gasteiger partial charge in [0.1, 0.15) is 12.4 Å². The molecule has 0 atom stereocenters. The lowest BCUT2D eigenvalue weighted by Crippen LogP contribution is -1.86. The van der Waals surface area contributed by atoms with Crippen LogP contribution in [0.15, 0.2) is 18.2 Å². The van der Waals surface area contributed by atoms with Crippen LogP contribution in [0.5, 0.6) is 0 Å². The Morgan fingerprint density at radius 2 is 2.20 bits per heavy atom. The van der Waals surface area contributed by atoms with E-state index in [4.69, 9.17) is 11.6 Å². The Morgan fingerprint density at radius 3 is 2.70 bits per heavy atom. The van der Waals surface area contributed by atoms with E-state index in [2.05, 4.69) is 0 Å². The second kappa shape index (κ2) is 2.99. The molecule has 0 aromatic heterocycles. The Morgan fingerprint density at radius 1 is 1.50 bits per heavy atom. The van der Waals surface area contributed by atoms with E-state index in [1.807, 2.05) is 0 Å². The third-order valence-electron chi connectivity index (χ3n) is 1.17. The van der Waals surface area contributed by atoms with Crippen molar-refractivity contribution in [2.45, 2.75) is 6.61 Å². The van der Waals surface area contributed by atoms with Crippen LogP contribution in [0, 0.1) is 5.82 Å². The van der Waals surface area contributed by atoms with Crippen molar-refractivity contribution in [2.75, 3.05) is 0 Å². The first kappa shape index (κ1) is 7.51. The van der Waals surface area contributed by atoms with E-state index in [9.17, 15) is 9.50 Å². The normalized spacial score (nSPS) is 9.90. The molecule has 0 aliphatic carbocycles. The summed E-state index contributed by atoms with van der Waals surface area (Å²) in [6, 6.07) is 4.03. The minimum absolute atomic E-state index is 0.157. The van der Waals surface area contributed by atoms with Gasteiger partial charge in [-0.25, -0.2) is 9.50 Å². The quantitative estimate of drug-likeness (QED) is 0.600. The lowest BCUT2D eigenvalue weighted by Gasteiger charge is -1.95. The molecule has 1 aromatic rings. The van der Waals surface area contributed by atoms with Crippen LogP contribution < -0.4 is 0 Å². The molecule has 0 bridgehead atoms. The summed E-state index contributed by atoms with van der Waals surface area (Å²) in [4.78, 5) is 0. The monoisotopic (exact) mass is 159 g/mol. The molecule has 0 fully saturated rings. The Balaban J connectivity index is 3.07. The highest BCUT2D eigenvalue weighted by molar-refractivity contribution is 6.30. The van der Waals surface area contributed by atoms with E-state index in [-0.39, 0.29) is 5.56 Å². The fourth-order valence-corrected chi connectivity index (χ4v) is 0.798. The van der Waals surface area contributed by atoms with Crippen molar-refractivity contribution in [3.8, 4) is 0 Å². The molecule has 0 saturated carbocycles. The summed E-state index contributed by atoms with van der Waals surface area (Å²) in [6.07, 6.45) is 0.